The summed E-state index contributed by atoms with van der Waals surface area (Å²) in [6.45, 7) is 0.480. The van der Waals surface area contributed by atoms with Crippen LogP contribution >= 0.6 is 0 Å². The van der Waals surface area contributed by atoms with Gasteiger partial charge in [-0.15, -0.1) is 0 Å². The molecule has 28 heavy (non-hydrogen) atoms. The van der Waals surface area contributed by atoms with Gasteiger partial charge in [0, 0.05) is 17.7 Å². The first-order valence-corrected chi connectivity index (χ1v) is 8.85. The summed E-state index contributed by atoms with van der Waals surface area (Å²) in [6.07, 6.45) is -2.91. The summed E-state index contributed by atoms with van der Waals surface area (Å²) in [7, 11) is 0. The molecule has 0 saturated heterocycles. The second-order valence-corrected chi connectivity index (χ2v) is 6.98. The zero-order valence-corrected chi connectivity index (χ0v) is 14.5. The first-order chi connectivity index (χ1) is 13.4. The fraction of sp³-hybridized carbons (Fsp3) is 0.250. The van der Waals surface area contributed by atoms with Gasteiger partial charge >= 0.3 is 12.1 Å². The van der Waals surface area contributed by atoms with Gasteiger partial charge in [-0.1, -0.05) is 41.6 Å². The molecule has 2 aliphatic rings. The van der Waals surface area contributed by atoms with Crippen LogP contribution in [0.2, 0.25) is 0 Å². The smallest absolute Gasteiger partial charge is 0.329 e. The summed E-state index contributed by atoms with van der Waals surface area (Å²) in [5.41, 5.74) is 4.05. The molecule has 5 nitrogen and oxygen atoms in total. The first kappa shape index (κ1) is 17.0. The predicted molar refractivity (Wildman–Crippen MR) is 92.1 cm³/mol. The molecule has 0 saturated carbocycles. The number of hydrogen-bond acceptors (Lipinski definition) is 4. The van der Waals surface area contributed by atoms with Crippen LogP contribution in [0.25, 0.3) is 11.4 Å². The summed E-state index contributed by atoms with van der Waals surface area (Å²) < 4.78 is 42.3. The van der Waals surface area contributed by atoms with Crippen molar-refractivity contribution < 1.29 is 22.5 Å². The summed E-state index contributed by atoms with van der Waals surface area (Å²) >= 11 is 0. The third-order valence-corrected chi connectivity index (χ3v) is 5.35. The maximum absolute atomic E-state index is 13.0. The molecule has 8 heteroatoms. The summed E-state index contributed by atoms with van der Waals surface area (Å²) in [5, 5.41) is 3.40. The average Bonchev–Trinajstić information content (AvgIpc) is 3.38. The number of aromatic nitrogens is 2. The molecule has 1 amide bonds. The molecule has 2 aromatic carbocycles. The number of hydrogen-bond donors (Lipinski definition) is 0. The Kier molecular flexibility index (Phi) is 3.59. The third kappa shape index (κ3) is 2.59. The van der Waals surface area contributed by atoms with Crippen LogP contribution in [0.4, 0.5) is 13.2 Å². The predicted octanol–water partition coefficient (Wildman–Crippen LogP) is 4.40. The molecule has 2 heterocycles. The molecule has 1 aliphatic heterocycles. The van der Waals surface area contributed by atoms with Gasteiger partial charge in [0.15, 0.2) is 0 Å². The highest BCUT2D eigenvalue weighted by Gasteiger charge is 2.39. The SMILES string of the molecule is O=C1c2cc(-c3noc(C(F)(F)F)n3)ccc2CN1[C@@H]1CCc2ccccc21. The Hall–Kier alpha value is -3.16. The standard InChI is InChI=1S/C20H14F3N3O2/c21-20(22,23)19-24-17(25-28-19)12-5-6-13-10-26(18(27)15(13)9-12)16-8-7-11-3-1-2-4-14(11)16/h1-6,9,16H,7-8,10H2/t16-/m1/s1. The molecule has 1 aliphatic carbocycles. The molecule has 0 N–H and O–H groups in total. The Morgan fingerprint density at radius 2 is 1.93 bits per heavy atom. The largest absolute Gasteiger partial charge is 0.471 e. The molecule has 0 radical (unpaired) electrons. The van der Waals surface area contributed by atoms with Crippen LogP contribution in [0.1, 0.15) is 45.4 Å². The van der Waals surface area contributed by atoms with Crippen molar-refractivity contribution in [2.45, 2.75) is 31.6 Å². The molecular weight excluding hydrogens is 371 g/mol. The van der Waals surface area contributed by atoms with E-state index in [2.05, 4.69) is 20.7 Å². The molecule has 3 aromatic rings. The third-order valence-electron chi connectivity index (χ3n) is 5.35. The number of carbonyl (C=O) groups excluding carboxylic acids is 1. The van der Waals surface area contributed by atoms with Crippen molar-refractivity contribution >= 4 is 5.91 Å². The van der Waals surface area contributed by atoms with Crippen LogP contribution in [-0.4, -0.2) is 20.9 Å². The molecule has 1 aromatic heterocycles. The van der Waals surface area contributed by atoms with Crippen LogP contribution in [0.5, 0.6) is 0 Å². The van der Waals surface area contributed by atoms with Gasteiger partial charge in [-0.3, -0.25) is 4.79 Å². The van der Waals surface area contributed by atoms with E-state index in [0.29, 0.717) is 17.7 Å². The van der Waals surface area contributed by atoms with E-state index in [1.165, 1.54) is 5.56 Å². The van der Waals surface area contributed by atoms with Crippen molar-refractivity contribution in [2.75, 3.05) is 0 Å². The quantitative estimate of drug-likeness (QED) is 0.656. The number of halogens is 3. The Morgan fingerprint density at radius 1 is 1.11 bits per heavy atom. The van der Waals surface area contributed by atoms with Gasteiger partial charge in [0.1, 0.15) is 0 Å². The van der Waals surface area contributed by atoms with Crippen molar-refractivity contribution in [3.63, 3.8) is 0 Å². The van der Waals surface area contributed by atoms with E-state index in [-0.39, 0.29) is 17.8 Å². The van der Waals surface area contributed by atoms with Crippen LogP contribution in [-0.2, 0) is 19.1 Å². The zero-order chi connectivity index (χ0) is 19.5. The number of carbonyl (C=O) groups is 1. The van der Waals surface area contributed by atoms with Gasteiger partial charge in [-0.25, -0.2) is 0 Å². The van der Waals surface area contributed by atoms with Gasteiger partial charge in [0.25, 0.3) is 5.91 Å². The Bertz CT molecular complexity index is 1090. The van der Waals surface area contributed by atoms with Crippen molar-refractivity contribution in [3.05, 3.63) is 70.6 Å². The normalized spacial score (nSPS) is 18.5. The molecule has 0 unspecified atom stereocenters. The minimum absolute atomic E-state index is 0.0153. The maximum Gasteiger partial charge on any atom is 0.471 e. The molecular formula is C20H14F3N3O2. The lowest BCUT2D eigenvalue weighted by molar-refractivity contribution is -0.159. The number of amides is 1. The molecule has 142 valence electrons. The maximum atomic E-state index is 13.0. The van der Waals surface area contributed by atoms with Gasteiger partial charge in [-0.05, 0) is 35.6 Å². The molecule has 0 fully saturated rings. The molecule has 0 spiro atoms. The van der Waals surface area contributed by atoms with Crippen molar-refractivity contribution in [3.8, 4) is 11.4 Å². The highest BCUT2D eigenvalue weighted by atomic mass is 19.4. The molecule has 0 bridgehead atoms. The van der Waals surface area contributed by atoms with E-state index in [0.717, 1.165) is 24.0 Å². The van der Waals surface area contributed by atoms with Crippen molar-refractivity contribution in [1.82, 2.24) is 15.0 Å². The second kappa shape index (κ2) is 5.92. The summed E-state index contributed by atoms with van der Waals surface area (Å²) in [4.78, 5) is 18.3. The Balaban J connectivity index is 1.46. The summed E-state index contributed by atoms with van der Waals surface area (Å²) in [5.74, 6) is -1.72. The average molecular weight is 385 g/mol. The number of aryl methyl sites for hydroxylation is 1. The van der Waals surface area contributed by atoms with Crippen molar-refractivity contribution in [1.29, 1.82) is 0 Å². The van der Waals surface area contributed by atoms with Crippen LogP contribution in [0, 0.1) is 0 Å². The fourth-order valence-electron chi connectivity index (χ4n) is 4.03. The van der Waals surface area contributed by atoms with E-state index in [9.17, 15) is 18.0 Å². The fourth-order valence-corrected chi connectivity index (χ4v) is 4.03. The number of rotatable bonds is 2. The Labute approximate surface area is 157 Å². The summed E-state index contributed by atoms with van der Waals surface area (Å²) in [6, 6.07) is 13.0. The van der Waals surface area contributed by atoms with Crippen LogP contribution < -0.4 is 0 Å². The van der Waals surface area contributed by atoms with E-state index >= 15 is 0 Å². The second-order valence-electron chi connectivity index (χ2n) is 6.98. The lowest BCUT2D eigenvalue weighted by atomic mass is 10.1. The minimum atomic E-state index is -4.70. The highest BCUT2D eigenvalue weighted by molar-refractivity contribution is 5.99. The first-order valence-electron chi connectivity index (χ1n) is 8.85. The lowest BCUT2D eigenvalue weighted by Gasteiger charge is -2.24. The number of benzene rings is 2. The van der Waals surface area contributed by atoms with E-state index in [1.54, 1.807) is 18.2 Å². The van der Waals surface area contributed by atoms with Gasteiger partial charge in [-0.2, -0.15) is 18.2 Å². The van der Waals surface area contributed by atoms with Gasteiger partial charge in [0.2, 0.25) is 5.82 Å². The van der Waals surface area contributed by atoms with Crippen LogP contribution in [0.15, 0.2) is 47.0 Å². The van der Waals surface area contributed by atoms with Crippen LogP contribution in [0.3, 0.4) is 0 Å². The zero-order valence-electron chi connectivity index (χ0n) is 14.5. The topological polar surface area (TPSA) is 59.2 Å². The van der Waals surface area contributed by atoms with E-state index in [1.807, 2.05) is 23.1 Å². The van der Waals surface area contributed by atoms with Gasteiger partial charge in [0.05, 0.1) is 6.04 Å². The lowest BCUT2D eigenvalue weighted by Crippen LogP contribution is -2.27. The number of nitrogens with zero attached hydrogens (tertiary/aromatic N) is 3. The van der Waals surface area contributed by atoms with E-state index < -0.39 is 12.1 Å². The molecule has 5 rings (SSSR count). The number of fused-ring (bicyclic) bond motifs is 2. The van der Waals surface area contributed by atoms with Crippen molar-refractivity contribution in [2.24, 2.45) is 0 Å². The Morgan fingerprint density at radius 3 is 2.71 bits per heavy atom. The highest BCUT2D eigenvalue weighted by Crippen LogP contribution is 2.40. The number of alkyl halides is 3. The van der Waals surface area contributed by atoms with E-state index in [4.69, 9.17) is 0 Å². The van der Waals surface area contributed by atoms with Gasteiger partial charge < -0.3 is 9.42 Å². The molecule has 1 atom stereocenters. The monoisotopic (exact) mass is 385 g/mol. The minimum Gasteiger partial charge on any atom is -0.329 e.